The van der Waals surface area contributed by atoms with Crippen molar-refractivity contribution in [1.82, 2.24) is 0 Å². The van der Waals surface area contributed by atoms with Gasteiger partial charge in [0, 0.05) is 11.4 Å². The maximum Gasteiger partial charge on any atom is 0.306 e. The van der Waals surface area contributed by atoms with Crippen molar-refractivity contribution in [3.63, 3.8) is 0 Å². The van der Waals surface area contributed by atoms with Gasteiger partial charge < -0.3 is 10.1 Å². The summed E-state index contributed by atoms with van der Waals surface area (Å²) in [6.07, 6.45) is 0.301. The minimum Gasteiger partial charge on any atom is -0.469 e. The summed E-state index contributed by atoms with van der Waals surface area (Å²) in [5.74, 6) is 0.451. The van der Waals surface area contributed by atoms with Crippen molar-refractivity contribution >= 4 is 40.7 Å². The number of thioether (sulfide) groups is 1. The molecule has 0 unspecified atom stereocenters. The molecule has 2 rings (SSSR count). The number of ether oxygens (including phenoxy) is 1. The summed E-state index contributed by atoms with van der Waals surface area (Å²) in [6, 6.07) is 16.6. The van der Waals surface area contributed by atoms with Gasteiger partial charge in [0.2, 0.25) is 5.91 Å². The number of hydrogen-bond acceptors (Lipinski definition) is 6. The molecular weight excluding hydrogens is 338 g/mol. The van der Waals surface area contributed by atoms with E-state index in [1.807, 2.05) is 30.3 Å². The molecule has 0 aliphatic heterocycles. The first-order valence-corrected chi connectivity index (χ1v) is 8.84. The molecule has 2 aromatic rings. The van der Waals surface area contributed by atoms with Crippen LogP contribution in [0.1, 0.15) is 6.42 Å². The standard InChI is InChI=1S/C18H19N3O3S/c1-24-18(23)11-12-25-13-17(22)19-14-7-9-16(10-8-14)21-20-15-5-3-2-4-6-15/h2-10H,11-13H2,1H3,(H,19,22). The average molecular weight is 357 g/mol. The molecule has 0 radical (unpaired) electrons. The lowest BCUT2D eigenvalue weighted by Gasteiger charge is -2.05. The van der Waals surface area contributed by atoms with E-state index in [1.54, 1.807) is 24.3 Å². The number of azo groups is 1. The average Bonchev–Trinajstić information content (AvgIpc) is 2.65. The molecule has 6 nitrogen and oxygen atoms in total. The Balaban J connectivity index is 1.77. The van der Waals surface area contributed by atoms with Gasteiger partial charge >= 0.3 is 5.97 Å². The smallest absolute Gasteiger partial charge is 0.306 e. The Morgan fingerprint density at radius 2 is 1.64 bits per heavy atom. The number of esters is 1. The van der Waals surface area contributed by atoms with E-state index < -0.39 is 0 Å². The zero-order valence-corrected chi connectivity index (χ0v) is 14.7. The number of methoxy groups -OCH3 is 1. The molecule has 1 N–H and O–H groups in total. The summed E-state index contributed by atoms with van der Waals surface area (Å²) < 4.78 is 4.54. The van der Waals surface area contributed by atoms with Crippen molar-refractivity contribution in [2.75, 3.05) is 23.9 Å². The van der Waals surface area contributed by atoms with Crippen LogP contribution in [0.2, 0.25) is 0 Å². The van der Waals surface area contributed by atoms with E-state index in [9.17, 15) is 9.59 Å². The largest absolute Gasteiger partial charge is 0.469 e. The summed E-state index contributed by atoms with van der Waals surface area (Å²) in [4.78, 5) is 22.8. The molecule has 0 atom stereocenters. The number of nitrogens with one attached hydrogen (secondary N) is 1. The third-order valence-electron chi connectivity index (χ3n) is 3.10. The van der Waals surface area contributed by atoms with Crippen molar-refractivity contribution in [1.29, 1.82) is 0 Å². The minimum atomic E-state index is -0.270. The maximum absolute atomic E-state index is 11.8. The van der Waals surface area contributed by atoms with Crippen LogP contribution in [0.25, 0.3) is 0 Å². The second-order valence-corrected chi connectivity index (χ2v) is 6.11. The fraction of sp³-hybridized carbons (Fsp3) is 0.222. The minimum absolute atomic E-state index is 0.117. The van der Waals surface area contributed by atoms with Crippen LogP contribution in [0.15, 0.2) is 64.8 Å². The van der Waals surface area contributed by atoms with E-state index in [-0.39, 0.29) is 17.6 Å². The molecule has 0 aliphatic carbocycles. The molecule has 0 saturated carbocycles. The summed E-state index contributed by atoms with van der Waals surface area (Å²) in [5, 5.41) is 11.1. The molecule has 0 bridgehead atoms. The van der Waals surface area contributed by atoms with E-state index in [4.69, 9.17) is 0 Å². The highest BCUT2D eigenvalue weighted by atomic mass is 32.2. The van der Waals surface area contributed by atoms with Crippen molar-refractivity contribution in [3.8, 4) is 0 Å². The lowest BCUT2D eigenvalue weighted by Crippen LogP contribution is -2.14. The van der Waals surface area contributed by atoms with Gasteiger partial charge in [0.15, 0.2) is 0 Å². The molecule has 130 valence electrons. The van der Waals surface area contributed by atoms with Crippen LogP contribution in [-0.2, 0) is 14.3 Å². The highest BCUT2D eigenvalue weighted by molar-refractivity contribution is 7.99. The number of carbonyl (C=O) groups is 2. The molecule has 7 heteroatoms. The van der Waals surface area contributed by atoms with Crippen LogP contribution >= 0.6 is 11.8 Å². The van der Waals surface area contributed by atoms with Gasteiger partial charge in [0.25, 0.3) is 0 Å². The first kappa shape index (κ1) is 18.7. The first-order valence-electron chi connectivity index (χ1n) is 7.68. The van der Waals surface area contributed by atoms with Crippen molar-refractivity contribution < 1.29 is 14.3 Å². The van der Waals surface area contributed by atoms with Crippen molar-refractivity contribution in [2.24, 2.45) is 10.2 Å². The summed E-state index contributed by atoms with van der Waals surface area (Å²) in [5.41, 5.74) is 2.18. The third kappa shape index (κ3) is 7.17. The van der Waals surface area contributed by atoms with Gasteiger partial charge in [-0.05, 0) is 36.4 Å². The van der Waals surface area contributed by atoms with Gasteiger partial charge in [-0.3, -0.25) is 9.59 Å². The van der Waals surface area contributed by atoms with Gasteiger partial charge in [-0.1, -0.05) is 18.2 Å². The fourth-order valence-electron chi connectivity index (χ4n) is 1.84. The number of anilines is 1. The van der Waals surface area contributed by atoms with Crippen LogP contribution in [0.5, 0.6) is 0 Å². The summed E-state index contributed by atoms with van der Waals surface area (Å²) in [7, 11) is 1.35. The molecule has 0 aromatic heterocycles. The Morgan fingerprint density at radius 1 is 1.00 bits per heavy atom. The predicted molar refractivity (Wildman–Crippen MR) is 99.6 cm³/mol. The molecule has 0 spiro atoms. The number of rotatable bonds is 8. The zero-order valence-electron chi connectivity index (χ0n) is 13.8. The lowest BCUT2D eigenvalue weighted by molar-refractivity contribution is -0.140. The zero-order chi connectivity index (χ0) is 17.9. The topological polar surface area (TPSA) is 80.1 Å². The van der Waals surface area contributed by atoms with Crippen LogP contribution < -0.4 is 5.32 Å². The van der Waals surface area contributed by atoms with E-state index in [2.05, 4.69) is 20.3 Å². The van der Waals surface area contributed by atoms with Gasteiger partial charge in [0.05, 0.1) is 30.7 Å². The second-order valence-electron chi connectivity index (χ2n) is 5.01. The number of hydrogen-bond donors (Lipinski definition) is 1. The van der Waals surface area contributed by atoms with Crippen molar-refractivity contribution in [2.45, 2.75) is 6.42 Å². The Morgan fingerprint density at radius 3 is 2.28 bits per heavy atom. The SMILES string of the molecule is COC(=O)CCSCC(=O)Nc1ccc(N=Nc2ccccc2)cc1. The van der Waals surface area contributed by atoms with Crippen LogP contribution in [0, 0.1) is 0 Å². The van der Waals surface area contributed by atoms with Gasteiger partial charge in [-0.15, -0.1) is 0 Å². The monoisotopic (exact) mass is 357 g/mol. The van der Waals surface area contributed by atoms with E-state index in [0.717, 1.165) is 5.69 Å². The Hall–Kier alpha value is -2.67. The summed E-state index contributed by atoms with van der Waals surface area (Å²) in [6.45, 7) is 0. The highest BCUT2D eigenvalue weighted by Gasteiger charge is 2.05. The van der Waals surface area contributed by atoms with Crippen LogP contribution in [0.4, 0.5) is 17.1 Å². The Labute approximate surface area is 150 Å². The predicted octanol–water partition coefficient (Wildman–Crippen LogP) is 4.34. The maximum atomic E-state index is 11.8. The number of amides is 1. The quantitative estimate of drug-likeness (QED) is 0.433. The molecule has 25 heavy (non-hydrogen) atoms. The number of benzene rings is 2. The molecule has 1 amide bonds. The van der Waals surface area contributed by atoms with E-state index >= 15 is 0 Å². The van der Waals surface area contributed by atoms with Gasteiger partial charge in [-0.2, -0.15) is 22.0 Å². The molecular formula is C18H19N3O3S. The molecule has 0 fully saturated rings. The Kier molecular flexibility index (Phi) is 7.65. The van der Waals surface area contributed by atoms with Crippen LogP contribution in [-0.4, -0.2) is 30.5 Å². The molecule has 0 aliphatic rings. The van der Waals surface area contributed by atoms with Gasteiger partial charge in [-0.25, -0.2) is 0 Å². The third-order valence-corrected chi connectivity index (χ3v) is 4.06. The van der Waals surface area contributed by atoms with Crippen molar-refractivity contribution in [3.05, 3.63) is 54.6 Å². The van der Waals surface area contributed by atoms with E-state index in [1.165, 1.54) is 18.9 Å². The molecule has 0 saturated heterocycles. The second kappa shape index (κ2) is 10.2. The number of nitrogens with zero attached hydrogens (tertiary/aromatic N) is 2. The fourth-order valence-corrected chi connectivity index (χ4v) is 2.55. The normalized spacial score (nSPS) is 10.6. The lowest BCUT2D eigenvalue weighted by atomic mass is 10.3. The molecule has 2 aromatic carbocycles. The van der Waals surface area contributed by atoms with Crippen LogP contribution in [0.3, 0.4) is 0 Å². The Bertz CT molecular complexity index is 718. The first-order chi connectivity index (χ1) is 12.2. The van der Waals surface area contributed by atoms with E-state index in [0.29, 0.717) is 23.5 Å². The number of carbonyl (C=O) groups excluding carboxylic acids is 2. The highest BCUT2D eigenvalue weighted by Crippen LogP contribution is 2.20. The molecule has 0 heterocycles. The van der Waals surface area contributed by atoms with Gasteiger partial charge in [0.1, 0.15) is 0 Å². The summed E-state index contributed by atoms with van der Waals surface area (Å²) >= 11 is 1.39.